The fourth-order valence-corrected chi connectivity index (χ4v) is 5.05. The number of hydrogen-bond donors (Lipinski definition) is 4. The molecular formula is C23H30ClN5O. The highest BCUT2D eigenvalue weighted by Crippen LogP contribution is 2.34. The summed E-state index contributed by atoms with van der Waals surface area (Å²) in [5, 5.41) is 15.6. The number of halogens is 1. The van der Waals surface area contributed by atoms with Crippen molar-refractivity contribution < 1.29 is 5.11 Å². The number of pyridine rings is 1. The van der Waals surface area contributed by atoms with Gasteiger partial charge in [0.2, 0.25) is 0 Å². The minimum absolute atomic E-state index is 0.0789. The van der Waals surface area contributed by atoms with E-state index in [9.17, 15) is 5.11 Å². The van der Waals surface area contributed by atoms with Crippen LogP contribution in [0.1, 0.15) is 46.1 Å². The van der Waals surface area contributed by atoms with Gasteiger partial charge in [-0.2, -0.15) is 0 Å². The lowest BCUT2D eigenvalue weighted by molar-refractivity contribution is 0.0941. The molecule has 0 amide bonds. The number of hydrogen-bond acceptors (Lipinski definition) is 6. The van der Waals surface area contributed by atoms with Crippen LogP contribution in [0.4, 0.5) is 0 Å². The Morgan fingerprint density at radius 1 is 1.10 bits per heavy atom. The van der Waals surface area contributed by atoms with Crippen molar-refractivity contribution in [1.29, 1.82) is 0 Å². The Balaban J connectivity index is 1.59. The first-order valence-corrected chi connectivity index (χ1v) is 10.7. The number of phenolic OH excluding ortho intramolecular Hbond substituents is 1. The van der Waals surface area contributed by atoms with E-state index in [0.717, 1.165) is 35.3 Å². The summed E-state index contributed by atoms with van der Waals surface area (Å²) in [4.78, 5) is 6.67. The Morgan fingerprint density at radius 2 is 1.80 bits per heavy atom. The van der Waals surface area contributed by atoms with Gasteiger partial charge in [-0.05, 0) is 70.9 Å². The fourth-order valence-electron chi connectivity index (χ4n) is 4.84. The minimum Gasteiger partial charge on any atom is -0.507 e. The Morgan fingerprint density at radius 3 is 2.43 bits per heavy atom. The third-order valence-electron chi connectivity index (χ3n) is 5.93. The van der Waals surface area contributed by atoms with E-state index in [1.165, 1.54) is 0 Å². The topological polar surface area (TPSA) is 72.5 Å². The molecule has 30 heavy (non-hydrogen) atoms. The summed E-state index contributed by atoms with van der Waals surface area (Å²) in [7, 11) is 2.13. The molecule has 1 saturated heterocycles. The second-order valence-corrected chi connectivity index (χ2v) is 10.0. The monoisotopic (exact) mass is 427 g/mol. The van der Waals surface area contributed by atoms with Gasteiger partial charge in [0.1, 0.15) is 11.6 Å². The van der Waals surface area contributed by atoms with E-state index in [4.69, 9.17) is 11.6 Å². The van der Waals surface area contributed by atoms with E-state index in [0.29, 0.717) is 16.6 Å². The van der Waals surface area contributed by atoms with E-state index in [1.807, 2.05) is 18.2 Å². The molecule has 1 aromatic carbocycles. The molecule has 4 rings (SSSR count). The zero-order chi connectivity index (χ0) is 21.7. The predicted octanol–water partition coefficient (Wildman–Crippen LogP) is 4.12. The van der Waals surface area contributed by atoms with E-state index < -0.39 is 0 Å². The lowest BCUT2D eigenvalue weighted by Crippen LogP contribution is -2.62. The molecule has 4 N–H and O–H groups in total. The van der Waals surface area contributed by atoms with Gasteiger partial charge in [0.25, 0.3) is 0 Å². The average molecular weight is 428 g/mol. The van der Waals surface area contributed by atoms with Crippen molar-refractivity contribution in [3.05, 3.63) is 53.0 Å². The van der Waals surface area contributed by atoms with Crippen molar-refractivity contribution in [3.63, 3.8) is 0 Å². The van der Waals surface area contributed by atoms with Crippen molar-refractivity contribution in [3.8, 4) is 5.75 Å². The number of phenols is 1. The Bertz CT molecular complexity index is 1030. The summed E-state index contributed by atoms with van der Waals surface area (Å²) < 4.78 is 0. The van der Waals surface area contributed by atoms with Crippen LogP contribution >= 0.6 is 11.6 Å². The molecule has 0 aliphatic carbocycles. The highest BCUT2D eigenvalue weighted by molar-refractivity contribution is 6.35. The number of allylic oxidation sites excluding steroid dienone is 2. The lowest BCUT2D eigenvalue weighted by Gasteiger charge is -2.49. The second-order valence-electron chi connectivity index (χ2n) is 9.63. The molecule has 0 radical (unpaired) electrons. The van der Waals surface area contributed by atoms with Gasteiger partial charge < -0.3 is 15.3 Å². The molecule has 0 unspecified atom stereocenters. The van der Waals surface area contributed by atoms with Crippen molar-refractivity contribution in [2.75, 3.05) is 7.05 Å². The van der Waals surface area contributed by atoms with Gasteiger partial charge in [-0.15, -0.1) is 0 Å². The molecule has 0 bridgehead atoms. The maximum absolute atomic E-state index is 10.5. The molecule has 1 fully saturated rings. The van der Waals surface area contributed by atoms with Crippen LogP contribution in [0, 0.1) is 0 Å². The third-order valence-corrected chi connectivity index (χ3v) is 6.26. The van der Waals surface area contributed by atoms with Crippen LogP contribution in [0.15, 0.2) is 42.4 Å². The normalized spacial score (nSPS) is 20.7. The van der Waals surface area contributed by atoms with E-state index in [2.05, 4.69) is 60.8 Å². The molecule has 6 nitrogen and oxygen atoms in total. The molecule has 3 heterocycles. The van der Waals surface area contributed by atoms with E-state index in [-0.39, 0.29) is 16.8 Å². The number of fused-ring (bicyclic) bond motifs is 1. The highest BCUT2D eigenvalue weighted by Gasteiger charge is 2.39. The summed E-state index contributed by atoms with van der Waals surface area (Å²) >= 11 is 6.22. The number of nitrogens with zero attached hydrogens (tertiary/aromatic N) is 2. The average Bonchev–Trinajstić information content (AvgIpc) is 2.65. The van der Waals surface area contributed by atoms with Crippen LogP contribution in [-0.4, -0.2) is 39.2 Å². The molecule has 2 aliphatic heterocycles. The lowest BCUT2D eigenvalue weighted by atomic mass is 9.79. The Kier molecular flexibility index (Phi) is 5.11. The summed E-state index contributed by atoms with van der Waals surface area (Å²) in [5.41, 5.74) is 8.88. The number of nitrogens with one attached hydrogen (secondary N) is 3. The molecule has 160 valence electrons. The Labute approximate surface area is 183 Å². The zero-order valence-electron chi connectivity index (χ0n) is 18.2. The molecular weight excluding hydrogens is 398 g/mol. The van der Waals surface area contributed by atoms with Crippen molar-refractivity contribution in [1.82, 2.24) is 26.1 Å². The summed E-state index contributed by atoms with van der Waals surface area (Å²) in [5.74, 6) is 1.16. The fraction of sp³-hybridized carbons (Fsp3) is 0.435. The third kappa shape index (κ3) is 4.07. The molecule has 0 atom stereocenters. The van der Waals surface area contributed by atoms with Gasteiger partial charge in [0, 0.05) is 41.3 Å². The van der Waals surface area contributed by atoms with Crippen molar-refractivity contribution >= 4 is 28.2 Å². The van der Waals surface area contributed by atoms with Gasteiger partial charge >= 0.3 is 0 Å². The van der Waals surface area contributed by atoms with Gasteiger partial charge in [0.05, 0.1) is 16.2 Å². The van der Waals surface area contributed by atoms with Gasteiger partial charge in [-0.3, -0.25) is 15.8 Å². The highest BCUT2D eigenvalue weighted by atomic mass is 35.5. The number of rotatable bonds is 3. The van der Waals surface area contributed by atoms with Crippen molar-refractivity contribution in [2.24, 2.45) is 0 Å². The molecule has 2 aromatic rings. The first-order valence-electron chi connectivity index (χ1n) is 10.3. The van der Waals surface area contributed by atoms with Crippen LogP contribution in [0.2, 0.25) is 5.02 Å². The van der Waals surface area contributed by atoms with Crippen LogP contribution < -0.4 is 16.2 Å². The maximum Gasteiger partial charge on any atom is 0.125 e. The SMILES string of the molecule is CN(C1=CC=C(c2cc3nccc(Cl)c3cc2O)NN1)C1CC(C)(C)NC(C)(C)C1. The number of aromatic nitrogens is 1. The number of benzene rings is 1. The molecule has 0 spiro atoms. The first-order chi connectivity index (χ1) is 14.0. The minimum atomic E-state index is 0.0789. The Hall–Kier alpha value is -2.44. The van der Waals surface area contributed by atoms with Crippen molar-refractivity contribution in [2.45, 2.75) is 57.7 Å². The smallest absolute Gasteiger partial charge is 0.125 e. The van der Waals surface area contributed by atoms with E-state index >= 15 is 0 Å². The van der Waals surface area contributed by atoms with Gasteiger partial charge in [0.15, 0.2) is 0 Å². The number of aromatic hydroxyl groups is 1. The van der Waals surface area contributed by atoms with Gasteiger partial charge in [-0.1, -0.05) is 11.6 Å². The summed E-state index contributed by atoms with van der Waals surface area (Å²) in [6, 6.07) is 5.63. The predicted molar refractivity (Wildman–Crippen MR) is 123 cm³/mol. The summed E-state index contributed by atoms with van der Waals surface area (Å²) in [6.07, 6.45) is 7.80. The standard InChI is InChI=1S/C23H30ClN5O/c1-22(2)12-14(13-23(3,4)28-22)29(5)21-7-6-18(26-27-21)16-10-19-15(11-20(16)30)17(24)8-9-25-19/h6-11,14,26-28,30H,12-13H2,1-5H3. The number of piperidine rings is 1. The largest absolute Gasteiger partial charge is 0.507 e. The number of hydrazine groups is 1. The van der Waals surface area contributed by atoms with Crippen LogP contribution in [0.3, 0.4) is 0 Å². The van der Waals surface area contributed by atoms with E-state index in [1.54, 1.807) is 18.3 Å². The quantitative estimate of drug-likeness (QED) is 0.590. The molecule has 2 aliphatic rings. The van der Waals surface area contributed by atoms with Gasteiger partial charge in [-0.25, -0.2) is 0 Å². The molecule has 0 saturated carbocycles. The first kappa shape index (κ1) is 20.8. The summed E-state index contributed by atoms with van der Waals surface area (Å²) in [6.45, 7) is 9.04. The zero-order valence-corrected chi connectivity index (χ0v) is 18.9. The molecule has 1 aromatic heterocycles. The van der Waals surface area contributed by atoms with Crippen LogP contribution in [0.25, 0.3) is 16.6 Å². The van der Waals surface area contributed by atoms with Crippen LogP contribution in [0.5, 0.6) is 5.75 Å². The second kappa shape index (κ2) is 7.36. The van der Waals surface area contributed by atoms with Crippen LogP contribution in [-0.2, 0) is 0 Å². The maximum atomic E-state index is 10.5. The molecule has 7 heteroatoms.